The van der Waals surface area contributed by atoms with Crippen LogP contribution in [-0.2, 0) is 9.59 Å². The number of carbonyl (C=O) groups excluding carboxylic acids is 3. The number of carbonyl (C=O) groups is 3. The van der Waals surface area contributed by atoms with Gasteiger partial charge in [-0.2, -0.15) is 0 Å². The smallest absolute Gasteiger partial charge is 0.235 e. The fourth-order valence-corrected chi connectivity index (χ4v) is 5.14. The second-order valence-electron chi connectivity index (χ2n) is 6.49. The average Bonchev–Trinajstić information content (AvgIpc) is 3.28. The lowest BCUT2D eigenvalue weighted by molar-refractivity contribution is -0.118. The molecule has 0 unspecified atom stereocenters. The maximum Gasteiger partial charge on any atom is 0.235 e. The molecule has 0 spiro atoms. The van der Waals surface area contributed by atoms with Gasteiger partial charge in [-0.25, -0.2) is 0 Å². The minimum Gasteiger partial charge on any atom is -0.497 e. The summed E-state index contributed by atoms with van der Waals surface area (Å²) in [6, 6.07) is 13.9. The summed E-state index contributed by atoms with van der Waals surface area (Å²) in [6.07, 6.45) is 0. The highest BCUT2D eigenvalue weighted by Gasteiger charge is 2.12. The van der Waals surface area contributed by atoms with Crippen LogP contribution in [0.25, 0.3) is 0 Å². The van der Waals surface area contributed by atoms with E-state index in [9.17, 15) is 14.4 Å². The van der Waals surface area contributed by atoms with Crippen molar-refractivity contribution in [1.82, 2.24) is 15.6 Å². The Labute approximate surface area is 203 Å². The van der Waals surface area contributed by atoms with E-state index in [0.29, 0.717) is 31.4 Å². The molecule has 0 radical (unpaired) electrons. The first-order chi connectivity index (χ1) is 15.9. The fourth-order valence-electron chi connectivity index (χ4n) is 2.42. The number of Topliss-reactive ketones (excluding diaryl/α,β-unsaturated/α-hetero) is 1. The van der Waals surface area contributed by atoms with Crippen LogP contribution in [0.15, 0.2) is 57.2 Å². The number of hydrazine groups is 1. The number of benzene rings is 2. The molecule has 0 saturated carbocycles. The van der Waals surface area contributed by atoms with Gasteiger partial charge in [-0.1, -0.05) is 34.9 Å². The Balaban J connectivity index is 1.41. The van der Waals surface area contributed by atoms with Crippen molar-refractivity contribution in [3.63, 3.8) is 0 Å². The van der Waals surface area contributed by atoms with Crippen LogP contribution >= 0.6 is 34.9 Å². The quantitative estimate of drug-likeness (QED) is 0.204. The van der Waals surface area contributed by atoms with E-state index in [1.807, 2.05) is 0 Å². The molecule has 1 heterocycles. The predicted octanol–water partition coefficient (Wildman–Crippen LogP) is 3.72. The van der Waals surface area contributed by atoms with Crippen LogP contribution in [0.3, 0.4) is 0 Å². The molecular formula is C21H21N5O4S3. The molecule has 3 rings (SSSR count). The Morgan fingerprint density at radius 1 is 0.909 bits per heavy atom. The molecule has 3 aromatic rings. The molecule has 0 aliphatic heterocycles. The molecule has 0 fully saturated rings. The molecule has 3 N–H and O–H groups in total. The van der Waals surface area contributed by atoms with Crippen molar-refractivity contribution in [2.24, 2.45) is 0 Å². The molecule has 33 heavy (non-hydrogen) atoms. The highest BCUT2D eigenvalue weighted by molar-refractivity contribution is 8.03. The first-order valence-electron chi connectivity index (χ1n) is 9.62. The maximum atomic E-state index is 12.3. The van der Waals surface area contributed by atoms with E-state index in [1.165, 1.54) is 41.8 Å². The molecule has 1 aromatic heterocycles. The average molecular weight is 504 g/mol. The zero-order valence-corrected chi connectivity index (χ0v) is 20.2. The van der Waals surface area contributed by atoms with Gasteiger partial charge in [0.1, 0.15) is 5.75 Å². The zero-order chi connectivity index (χ0) is 23.6. The predicted molar refractivity (Wildman–Crippen MR) is 131 cm³/mol. The molecule has 9 nitrogen and oxygen atoms in total. The van der Waals surface area contributed by atoms with Crippen LogP contribution in [-0.4, -0.2) is 46.4 Å². The van der Waals surface area contributed by atoms with Crippen LogP contribution < -0.4 is 20.9 Å². The van der Waals surface area contributed by atoms with Gasteiger partial charge >= 0.3 is 0 Å². The number of nitrogens with zero attached hydrogens (tertiary/aromatic N) is 2. The van der Waals surface area contributed by atoms with E-state index < -0.39 is 0 Å². The summed E-state index contributed by atoms with van der Waals surface area (Å²) in [7, 11) is 1.58. The van der Waals surface area contributed by atoms with E-state index in [-0.39, 0.29) is 29.1 Å². The van der Waals surface area contributed by atoms with Gasteiger partial charge in [-0.3, -0.25) is 25.2 Å². The third kappa shape index (κ3) is 8.08. The number of anilines is 2. The van der Waals surface area contributed by atoms with Crippen LogP contribution in [0, 0.1) is 0 Å². The number of nitrogens with one attached hydrogen (secondary N) is 3. The van der Waals surface area contributed by atoms with Crippen molar-refractivity contribution in [3.8, 4) is 5.75 Å². The Kier molecular flexibility index (Phi) is 9.10. The summed E-state index contributed by atoms with van der Waals surface area (Å²) in [5.74, 6) is 0.734. The molecule has 2 amide bonds. The molecule has 172 valence electrons. The Morgan fingerprint density at radius 3 is 2.12 bits per heavy atom. The minimum absolute atomic E-state index is 0.00951. The minimum atomic E-state index is -0.202. The van der Waals surface area contributed by atoms with Crippen molar-refractivity contribution in [2.75, 3.05) is 29.4 Å². The Morgan fingerprint density at radius 2 is 1.52 bits per heavy atom. The van der Waals surface area contributed by atoms with Crippen LogP contribution in [0.2, 0.25) is 0 Å². The highest BCUT2D eigenvalue weighted by atomic mass is 32.2. The van der Waals surface area contributed by atoms with Crippen molar-refractivity contribution in [1.29, 1.82) is 0 Å². The molecule has 12 heteroatoms. The SMILES string of the molecule is COc1ccc(C(=O)CSc2nnc(SCC(=O)Nc3ccc(NNC(C)=O)cc3)s2)cc1. The highest BCUT2D eigenvalue weighted by Crippen LogP contribution is 2.29. The first kappa shape index (κ1) is 24.6. The van der Waals surface area contributed by atoms with Gasteiger partial charge < -0.3 is 10.1 Å². The monoisotopic (exact) mass is 503 g/mol. The van der Waals surface area contributed by atoms with Gasteiger partial charge in [0.25, 0.3) is 0 Å². The molecular weight excluding hydrogens is 482 g/mol. The number of ether oxygens (including phenoxy) is 1. The largest absolute Gasteiger partial charge is 0.497 e. The number of methoxy groups -OCH3 is 1. The van der Waals surface area contributed by atoms with Crippen molar-refractivity contribution in [3.05, 3.63) is 54.1 Å². The number of thioether (sulfide) groups is 2. The topological polar surface area (TPSA) is 122 Å². The second-order valence-corrected chi connectivity index (χ2v) is 9.92. The number of hydrogen-bond acceptors (Lipinski definition) is 10. The van der Waals surface area contributed by atoms with Crippen molar-refractivity contribution < 1.29 is 19.1 Å². The molecule has 0 aliphatic rings. The third-order valence-corrected chi connectivity index (χ3v) is 7.19. The van der Waals surface area contributed by atoms with Crippen LogP contribution in [0.4, 0.5) is 11.4 Å². The van der Waals surface area contributed by atoms with E-state index in [0.717, 1.165) is 0 Å². The van der Waals surface area contributed by atoms with Gasteiger partial charge in [0.2, 0.25) is 11.8 Å². The van der Waals surface area contributed by atoms with Gasteiger partial charge in [0.15, 0.2) is 14.5 Å². The van der Waals surface area contributed by atoms with Crippen molar-refractivity contribution >= 4 is 63.8 Å². The van der Waals surface area contributed by atoms with Gasteiger partial charge in [-0.15, -0.1) is 10.2 Å². The van der Waals surface area contributed by atoms with E-state index in [4.69, 9.17) is 4.74 Å². The third-order valence-electron chi connectivity index (χ3n) is 4.00. The number of aromatic nitrogens is 2. The lowest BCUT2D eigenvalue weighted by Crippen LogP contribution is -2.26. The summed E-state index contributed by atoms with van der Waals surface area (Å²) in [5.41, 5.74) is 7.16. The summed E-state index contributed by atoms with van der Waals surface area (Å²) < 4.78 is 6.42. The summed E-state index contributed by atoms with van der Waals surface area (Å²) >= 11 is 3.94. The Bertz CT molecular complexity index is 1100. The summed E-state index contributed by atoms with van der Waals surface area (Å²) in [4.78, 5) is 35.4. The second kappa shape index (κ2) is 12.2. The number of rotatable bonds is 11. The lowest BCUT2D eigenvalue weighted by Gasteiger charge is -2.08. The van der Waals surface area contributed by atoms with Gasteiger partial charge in [0.05, 0.1) is 24.3 Å². The molecule has 2 aromatic carbocycles. The van der Waals surface area contributed by atoms with Gasteiger partial charge in [0, 0.05) is 18.2 Å². The summed E-state index contributed by atoms with van der Waals surface area (Å²) in [5, 5.41) is 11.0. The lowest BCUT2D eigenvalue weighted by atomic mass is 10.1. The van der Waals surface area contributed by atoms with E-state index in [1.54, 1.807) is 55.6 Å². The molecule has 0 aliphatic carbocycles. The molecule has 0 saturated heterocycles. The number of hydrogen-bond donors (Lipinski definition) is 3. The van der Waals surface area contributed by atoms with E-state index in [2.05, 4.69) is 26.4 Å². The standard InChI is InChI=1S/C21H21N5O4S3/c1-13(27)23-24-16-7-5-15(6-8-16)22-19(29)12-32-21-26-25-20(33-21)31-11-18(28)14-3-9-17(30-2)10-4-14/h3-10,24H,11-12H2,1-2H3,(H,22,29)(H,23,27). The van der Waals surface area contributed by atoms with Crippen molar-refractivity contribution in [2.45, 2.75) is 15.6 Å². The normalized spacial score (nSPS) is 10.4. The zero-order valence-electron chi connectivity index (χ0n) is 17.8. The number of amides is 2. The first-order valence-corrected chi connectivity index (χ1v) is 12.4. The van der Waals surface area contributed by atoms with Gasteiger partial charge in [-0.05, 0) is 48.5 Å². The van der Waals surface area contributed by atoms with E-state index >= 15 is 0 Å². The van der Waals surface area contributed by atoms with Crippen LogP contribution in [0.1, 0.15) is 17.3 Å². The van der Waals surface area contributed by atoms with Crippen LogP contribution in [0.5, 0.6) is 5.75 Å². The Hall–Kier alpha value is -3.09. The fraction of sp³-hybridized carbons (Fsp3) is 0.190. The molecule has 0 atom stereocenters. The number of ketones is 1. The molecule has 0 bridgehead atoms. The maximum absolute atomic E-state index is 12.3. The summed E-state index contributed by atoms with van der Waals surface area (Å²) in [6.45, 7) is 1.40.